The van der Waals surface area contributed by atoms with Gasteiger partial charge in [-0.1, -0.05) is 0 Å². The summed E-state index contributed by atoms with van der Waals surface area (Å²) in [6, 6.07) is -4.44. The van der Waals surface area contributed by atoms with Crippen LogP contribution in [-0.4, -0.2) is 69.2 Å². The van der Waals surface area contributed by atoms with Crippen molar-refractivity contribution in [3.63, 3.8) is 0 Å². The summed E-state index contributed by atoms with van der Waals surface area (Å²) in [5.41, 5.74) is 10.3. The Morgan fingerprint density at radius 3 is 2.00 bits per heavy atom. The van der Waals surface area contributed by atoms with Crippen LogP contribution in [0.15, 0.2) is 0 Å². The zero-order valence-corrected chi connectivity index (χ0v) is 13.5. The maximum Gasteiger partial charge on any atom is 0.326 e. The van der Waals surface area contributed by atoms with E-state index in [1.54, 1.807) is 0 Å². The number of aliphatic hydroxyl groups is 1. The van der Waals surface area contributed by atoms with Gasteiger partial charge in [0.25, 0.3) is 0 Å². The summed E-state index contributed by atoms with van der Waals surface area (Å²) >= 11 is 0. The van der Waals surface area contributed by atoms with E-state index in [1.165, 1.54) is 0 Å². The molecule has 12 heteroatoms. The van der Waals surface area contributed by atoms with E-state index >= 15 is 0 Å². The average molecular weight is 362 g/mol. The predicted octanol–water partition coefficient (Wildman–Crippen LogP) is -3.51. The third-order valence-electron chi connectivity index (χ3n) is 3.08. The third-order valence-corrected chi connectivity index (χ3v) is 3.08. The molecule has 0 saturated heterocycles. The number of rotatable bonds is 11. The summed E-state index contributed by atoms with van der Waals surface area (Å²) in [7, 11) is 0. The number of aliphatic hydroxyl groups excluding tert-OH is 1. The second kappa shape index (κ2) is 10.2. The molecule has 0 heterocycles. The normalized spacial score (nSPS) is 15.3. The Kier molecular flexibility index (Phi) is 9.09. The lowest BCUT2D eigenvalue weighted by molar-refractivity contribution is -0.144. The number of hydrogen-bond donors (Lipinski definition) is 7. The summed E-state index contributed by atoms with van der Waals surface area (Å²) in [6.45, 7) is 1.16. The summed E-state index contributed by atoms with van der Waals surface area (Å²) < 4.78 is 0. The van der Waals surface area contributed by atoms with Crippen molar-refractivity contribution in [2.75, 3.05) is 0 Å². The van der Waals surface area contributed by atoms with Crippen molar-refractivity contribution in [2.45, 2.75) is 50.4 Å². The molecule has 0 unspecified atom stereocenters. The quantitative estimate of drug-likeness (QED) is 0.193. The summed E-state index contributed by atoms with van der Waals surface area (Å²) in [4.78, 5) is 56.2. The van der Waals surface area contributed by atoms with Gasteiger partial charge in [0, 0.05) is 6.42 Å². The van der Waals surface area contributed by atoms with Gasteiger partial charge in [-0.3, -0.25) is 19.2 Å². The van der Waals surface area contributed by atoms with Crippen molar-refractivity contribution < 1.29 is 39.3 Å². The minimum atomic E-state index is -1.56. The lowest BCUT2D eigenvalue weighted by atomic mass is 10.1. The number of amides is 3. The SMILES string of the molecule is C[C@@H](O)[C@H](NC(=O)[C@@H](N)CC(N)=O)C(=O)N[C@@H](CCC(=O)O)C(=O)O. The highest BCUT2D eigenvalue weighted by Crippen LogP contribution is 2.02. The lowest BCUT2D eigenvalue weighted by Crippen LogP contribution is -2.58. The van der Waals surface area contributed by atoms with E-state index in [4.69, 9.17) is 21.7 Å². The number of carbonyl (C=O) groups excluding carboxylic acids is 3. The highest BCUT2D eigenvalue weighted by molar-refractivity contribution is 5.93. The van der Waals surface area contributed by atoms with E-state index in [2.05, 4.69) is 5.32 Å². The van der Waals surface area contributed by atoms with Gasteiger partial charge in [0.05, 0.1) is 18.6 Å². The molecular formula is C13H22N4O8. The Morgan fingerprint density at radius 1 is 1.04 bits per heavy atom. The molecular weight excluding hydrogens is 340 g/mol. The van der Waals surface area contributed by atoms with E-state index in [0.29, 0.717) is 0 Å². The number of aliphatic carboxylic acids is 2. The average Bonchev–Trinajstić information content (AvgIpc) is 2.46. The van der Waals surface area contributed by atoms with Crippen molar-refractivity contribution in [3.8, 4) is 0 Å². The van der Waals surface area contributed by atoms with Crippen LogP contribution < -0.4 is 22.1 Å². The molecule has 0 fully saturated rings. The first-order valence-corrected chi connectivity index (χ1v) is 7.23. The summed E-state index contributed by atoms with van der Waals surface area (Å²) in [5.74, 6) is -5.57. The van der Waals surface area contributed by atoms with E-state index < -0.39 is 73.2 Å². The Bertz CT molecular complexity index is 536. The highest BCUT2D eigenvalue weighted by atomic mass is 16.4. The molecule has 0 aromatic carbocycles. The van der Waals surface area contributed by atoms with Gasteiger partial charge < -0.3 is 37.4 Å². The van der Waals surface area contributed by atoms with E-state index in [9.17, 15) is 29.1 Å². The second-order valence-corrected chi connectivity index (χ2v) is 5.34. The van der Waals surface area contributed by atoms with Gasteiger partial charge in [-0.2, -0.15) is 0 Å². The summed E-state index contributed by atoms with van der Waals surface area (Å²) in [6.07, 6.45) is -2.81. The Balaban J connectivity index is 4.97. The molecule has 0 aliphatic carbocycles. The first-order chi connectivity index (χ1) is 11.5. The van der Waals surface area contributed by atoms with Crippen LogP contribution in [0.3, 0.4) is 0 Å². The van der Waals surface area contributed by atoms with Crippen LogP contribution in [0.1, 0.15) is 26.2 Å². The first kappa shape index (κ1) is 22.3. The number of nitrogens with one attached hydrogen (secondary N) is 2. The van der Waals surface area contributed by atoms with Crippen molar-refractivity contribution in [2.24, 2.45) is 11.5 Å². The minimum absolute atomic E-state index is 0.391. The molecule has 0 aliphatic rings. The molecule has 25 heavy (non-hydrogen) atoms. The first-order valence-electron chi connectivity index (χ1n) is 7.23. The van der Waals surface area contributed by atoms with Crippen molar-refractivity contribution in [3.05, 3.63) is 0 Å². The third kappa shape index (κ3) is 8.62. The van der Waals surface area contributed by atoms with Gasteiger partial charge >= 0.3 is 11.9 Å². The lowest BCUT2D eigenvalue weighted by Gasteiger charge is -2.24. The van der Waals surface area contributed by atoms with E-state index in [0.717, 1.165) is 6.92 Å². The number of nitrogens with two attached hydrogens (primary N) is 2. The zero-order chi connectivity index (χ0) is 19.7. The van der Waals surface area contributed by atoms with Gasteiger partial charge in [0.15, 0.2) is 0 Å². The van der Waals surface area contributed by atoms with Crippen molar-refractivity contribution in [1.29, 1.82) is 0 Å². The van der Waals surface area contributed by atoms with Crippen molar-refractivity contribution >= 4 is 29.7 Å². The minimum Gasteiger partial charge on any atom is -0.481 e. The number of primary amides is 1. The van der Waals surface area contributed by atoms with Crippen LogP contribution in [0.5, 0.6) is 0 Å². The number of carbonyl (C=O) groups is 5. The van der Waals surface area contributed by atoms with Gasteiger partial charge in [0.1, 0.15) is 12.1 Å². The molecule has 0 spiro atoms. The molecule has 0 aromatic rings. The van der Waals surface area contributed by atoms with Gasteiger partial charge in [-0.25, -0.2) is 4.79 Å². The second-order valence-electron chi connectivity index (χ2n) is 5.34. The standard InChI is InChI=1S/C13H22N4O8/c1-5(18)10(17-11(22)6(14)4-8(15)19)12(23)16-7(13(24)25)2-3-9(20)21/h5-7,10,18H,2-4,14H2,1H3,(H2,15,19)(H,16,23)(H,17,22)(H,20,21)(H,24,25)/t5-,6+,7+,10+/m1/s1. The van der Waals surface area contributed by atoms with Crippen LogP contribution in [0.2, 0.25) is 0 Å². The monoisotopic (exact) mass is 362 g/mol. The molecule has 9 N–H and O–H groups in total. The van der Waals surface area contributed by atoms with Gasteiger partial charge in [0.2, 0.25) is 17.7 Å². The van der Waals surface area contributed by atoms with Crippen LogP contribution in [0, 0.1) is 0 Å². The molecule has 3 amide bonds. The van der Waals surface area contributed by atoms with Crippen LogP contribution in [-0.2, 0) is 24.0 Å². The molecule has 142 valence electrons. The number of carboxylic acid groups (broad SMARTS) is 2. The topological polar surface area (TPSA) is 222 Å². The molecule has 0 aromatic heterocycles. The Labute approximate surface area is 142 Å². The fourth-order valence-corrected chi connectivity index (χ4v) is 1.76. The number of hydrogen-bond acceptors (Lipinski definition) is 7. The molecule has 0 radical (unpaired) electrons. The maximum absolute atomic E-state index is 12.1. The molecule has 0 bridgehead atoms. The fourth-order valence-electron chi connectivity index (χ4n) is 1.76. The summed E-state index contributed by atoms with van der Waals surface area (Å²) in [5, 5.41) is 31.3. The van der Waals surface area contributed by atoms with Crippen LogP contribution in [0.4, 0.5) is 0 Å². The highest BCUT2D eigenvalue weighted by Gasteiger charge is 2.31. The molecule has 0 saturated carbocycles. The van der Waals surface area contributed by atoms with Crippen LogP contribution in [0.25, 0.3) is 0 Å². The van der Waals surface area contributed by atoms with E-state index in [1.807, 2.05) is 5.32 Å². The molecule has 4 atom stereocenters. The van der Waals surface area contributed by atoms with Crippen molar-refractivity contribution in [1.82, 2.24) is 10.6 Å². The van der Waals surface area contributed by atoms with Gasteiger partial charge in [-0.15, -0.1) is 0 Å². The zero-order valence-electron chi connectivity index (χ0n) is 13.5. The largest absolute Gasteiger partial charge is 0.481 e. The smallest absolute Gasteiger partial charge is 0.326 e. The molecule has 12 nitrogen and oxygen atoms in total. The molecule has 0 aliphatic heterocycles. The number of carboxylic acids is 2. The van der Waals surface area contributed by atoms with Gasteiger partial charge in [-0.05, 0) is 13.3 Å². The van der Waals surface area contributed by atoms with E-state index in [-0.39, 0.29) is 0 Å². The fraction of sp³-hybridized carbons (Fsp3) is 0.615. The predicted molar refractivity (Wildman–Crippen MR) is 81.8 cm³/mol. The Morgan fingerprint density at radius 2 is 1.60 bits per heavy atom. The molecule has 0 rings (SSSR count). The van der Waals surface area contributed by atoms with Crippen LogP contribution >= 0.6 is 0 Å². The Hall–Kier alpha value is -2.73. The maximum atomic E-state index is 12.1.